The fourth-order valence-electron chi connectivity index (χ4n) is 4.79. The molecule has 0 aromatic heterocycles. The van der Waals surface area contributed by atoms with E-state index < -0.39 is 35.6 Å². The average molecular weight is 574 g/mol. The Hall–Kier alpha value is -4.17. The summed E-state index contributed by atoms with van der Waals surface area (Å²) < 4.78 is 5.47. The van der Waals surface area contributed by atoms with Crippen LogP contribution in [-0.4, -0.2) is 52.7 Å². The Balaban J connectivity index is 2.06. The van der Waals surface area contributed by atoms with Crippen molar-refractivity contribution in [3.05, 3.63) is 101 Å². The van der Waals surface area contributed by atoms with E-state index in [1.807, 2.05) is 93.6 Å². The summed E-state index contributed by atoms with van der Waals surface area (Å²) in [5, 5.41) is 15.9. The molecule has 3 aromatic rings. The van der Waals surface area contributed by atoms with E-state index in [4.69, 9.17) is 4.74 Å². The van der Waals surface area contributed by atoms with Crippen LogP contribution in [0, 0.1) is 13.8 Å². The van der Waals surface area contributed by atoms with E-state index >= 15 is 0 Å². The monoisotopic (exact) mass is 573 g/mol. The minimum Gasteiger partial charge on any atom is -0.444 e. The largest absolute Gasteiger partial charge is 0.444 e. The third-order valence-electron chi connectivity index (χ3n) is 6.89. The van der Waals surface area contributed by atoms with Crippen LogP contribution < -0.4 is 10.6 Å². The molecule has 0 aliphatic heterocycles. The molecule has 3 rings (SSSR count). The number of carbonyl (C=O) groups is 3. The van der Waals surface area contributed by atoms with Crippen molar-refractivity contribution in [3.8, 4) is 0 Å². The van der Waals surface area contributed by atoms with Gasteiger partial charge in [-0.2, -0.15) is 0 Å². The van der Waals surface area contributed by atoms with E-state index in [0.29, 0.717) is 11.3 Å². The first-order chi connectivity index (χ1) is 19.9. The van der Waals surface area contributed by atoms with Crippen molar-refractivity contribution >= 4 is 23.6 Å². The molecule has 0 saturated heterocycles. The quantitative estimate of drug-likeness (QED) is 0.281. The summed E-state index contributed by atoms with van der Waals surface area (Å²) >= 11 is 0. The Morgan fingerprint density at radius 2 is 1.50 bits per heavy atom. The maximum Gasteiger partial charge on any atom is 0.408 e. The van der Waals surface area contributed by atoms with Gasteiger partial charge in [0.2, 0.25) is 5.91 Å². The van der Waals surface area contributed by atoms with Crippen molar-refractivity contribution < 1.29 is 24.2 Å². The molecule has 0 heterocycles. The molecule has 3 aromatic carbocycles. The van der Waals surface area contributed by atoms with Gasteiger partial charge in [0.15, 0.2) is 0 Å². The predicted molar refractivity (Wildman–Crippen MR) is 165 cm³/mol. The molecule has 0 aliphatic carbocycles. The summed E-state index contributed by atoms with van der Waals surface area (Å²) in [6, 6.07) is 20.4. The molecule has 0 saturated carbocycles. The van der Waals surface area contributed by atoms with Crippen LogP contribution in [0.25, 0.3) is 0 Å². The van der Waals surface area contributed by atoms with Crippen LogP contribution in [0.5, 0.6) is 0 Å². The number of amides is 3. The van der Waals surface area contributed by atoms with Crippen LogP contribution in [0.2, 0.25) is 0 Å². The van der Waals surface area contributed by atoms with Gasteiger partial charge in [-0.25, -0.2) is 4.79 Å². The number of nitrogens with one attached hydrogen (secondary N) is 2. The Morgan fingerprint density at radius 1 is 0.881 bits per heavy atom. The number of anilines is 1. The number of carbonyl (C=O) groups excluding carboxylic acids is 3. The fraction of sp³-hybridized carbons (Fsp3) is 0.382. The molecular weight excluding hydrogens is 530 g/mol. The number of aliphatic hydroxyl groups is 1. The second kappa shape index (κ2) is 14.6. The highest BCUT2D eigenvalue weighted by atomic mass is 16.6. The Morgan fingerprint density at radius 3 is 2.05 bits per heavy atom. The van der Waals surface area contributed by atoms with E-state index in [9.17, 15) is 19.5 Å². The van der Waals surface area contributed by atoms with Gasteiger partial charge >= 0.3 is 6.09 Å². The summed E-state index contributed by atoms with van der Waals surface area (Å²) in [6.07, 6.45) is 0.239. The van der Waals surface area contributed by atoms with Crippen molar-refractivity contribution in [2.24, 2.45) is 0 Å². The highest BCUT2D eigenvalue weighted by Crippen LogP contribution is 2.27. The maximum atomic E-state index is 14.3. The summed E-state index contributed by atoms with van der Waals surface area (Å²) in [5.41, 5.74) is 4.16. The molecule has 224 valence electrons. The lowest BCUT2D eigenvalue weighted by atomic mass is 9.98. The first-order valence-electron chi connectivity index (χ1n) is 14.3. The molecule has 3 N–H and O–H groups in total. The maximum absolute atomic E-state index is 14.3. The van der Waals surface area contributed by atoms with Crippen molar-refractivity contribution in [1.82, 2.24) is 10.2 Å². The summed E-state index contributed by atoms with van der Waals surface area (Å²) in [4.78, 5) is 42.6. The molecular formula is C34H43N3O5. The van der Waals surface area contributed by atoms with Crippen LogP contribution in [0.1, 0.15) is 61.6 Å². The summed E-state index contributed by atoms with van der Waals surface area (Å²) in [5.74, 6) is -0.936. The third kappa shape index (κ3) is 8.91. The number of aryl methyl sites for hydroxylation is 3. The van der Waals surface area contributed by atoms with Gasteiger partial charge in [0.25, 0.3) is 5.91 Å². The van der Waals surface area contributed by atoms with Crippen LogP contribution in [0.3, 0.4) is 0 Å². The zero-order valence-electron chi connectivity index (χ0n) is 25.4. The van der Waals surface area contributed by atoms with E-state index in [-0.39, 0.29) is 19.6 Å². The predicted octanol–water partition coefficient (Wildman–Crippen LogP) is 5.50. The number of hydrogen-bond donors (Lipinski definition) is 3. The molecule has 42 heavy (non-hydrogen) atoms. The van der Waals surface area contributed by atoms with Crippen molar-refractivity contribution in [1.29, 1.82) is 0 Å². The van der Waals surface area contributed by atoms with Crippen LogP contribution in [0.15, 0.2) is 72.8 Å². The summed E-state index contributed by atoms with van der Waals surface area (Å²) in [6.45, 7) is 10.6. The lowest BCUT2D eigenvalue weighted by Gasteiger charge is -2.34. The molecule has 8 nitrogen and oxygen atoms in total. The number of para-hydroxylation sites is 1. The minimum absolute atomic E-state index is 0.125. The van der Waals surface area contributed by atoms with Crippen LogP contribution in [0.4, 0.5) is 10.5 Å². The number of ether oxygens (including phenoxy) is 1. The van der Waals surface area contributed by atoms with E-state index in [0.717, 1.165) is 28.7 Å². The molecule has 0 aliphatic rings. The van der Waals surface area contributed by atoms with Gasteiger partial charge in [0, 0.05) is 18.7 Å². The molecule has 2 atom stereocenters. The Labute approximate surface area is 249 Å². The van der Waals surface area contributed by atoms with Crippen LogP contribution in [-0.2, 0) is 27.2 Å². The van der Waals surface area contributed by atoms with Crippen LogP contribution >= 0.6 is 0 Å². The zero-order chi connectivity index (χ0) is 30.9. The molecule has 8 heteroatoms. The smallest absolute Gasteiger partial charge is 0.408 e. The second-order valence-corrected chi connectivity index (χ2v) is 11.4. The number of alkyl carbamates (subject to hydrolysis) is 1. The van der Waals surface area contributed by atoms with Gasteiger partial charge < -0.3 is 25.4 Å². The van der Waals surface area contributed by atoms with Crippen molar-refractivity contribution in [2.45, 2.75) is 72.1 Å². The SMILES string of the molecule is CCc1ccc(C(C(=O)Nc2c(C)cccc2C)N(CCO)C(=O)C(Cc2ccccc2)NC(=O)OC(C)(C)C)cc1. The summed E-state index contributed by atoms with van der Waals surface area (Å²) in [7, 11) is 0. The van der Waals surface area contributed by atoms with Crippen molar-refractivity contribution in [3.63, 3.8) is 0 Å². The first-order valence-corrected chi connectivity index (χ1v) is 14.3. The van der Waals surface area contributed by atoms with Gasteiger partial charge in [0.05, 0.1) is 6.61 Å². The number of aliphatic hydroxyl groups excluding tert-OH is 1. The Kier molecular flexibility index (Phi) is 11.3. The molecule has 3 amide bonds. The lowest BCUT2D eigenvalue weighted by molar-refractivity contribution is -0.141. The van der Waals surface area contributed by atoms with Gasteiger partial charge in [-0.15, -0.1) is 0 Å². The second-order valence-electron chi connectivity index (χ2n) is 11.4. The number of rotatable bonds is 11. The van der Waals surface area contributed by atoms with Gasteiger partial charge in [-0.05, 0) is 68.9 Å². The third-order valence-corrected chi connectivity index (χ3v) is 6.89. The highest BCUT2D eigenvalue weighted by Gasteiger charge is 2.36. The number of nitrogens with zero attached hydrogens (tertiary/aromatic N) is 1. The number of hydrogen-bond acceptors (Lipinski definition) is 5. The average Bonchev–Trinajstić information content (AvgIpc) is 2.94. The Bertz CT molecular complexity index is 1330. The van der Waals surface area contributed by atoms with E-state index in [1.54, 1.807) is 20.8 Å². The molecule has 0 fully saturated rings. The van der Waals surface area contributed by atoms with Gasteiger partial charge in [-0.3, -0.25) is 9.59 Å². The minimum atomic E-state index is -1.08. The zero-order valence-corrected chi connectivity index (χ0v) is 25.4. The van der Waals surface area contributed by atoms with Crippen molar-refractivity contribution in [2.75, 3.05) is 18.5 Å². The van der Waals surface area contributed by atoms with E-state index in [2.05, 4.69) is 10.6 Å². The normalized spacial score (nSPS) is 12.6. The standard InChI is InChI=1S/C34H43N3O5/c1-7-25-16-18-27(19-17-25)30(31(39)36-29-23(2)12-11-13-24(29)3)37(20-21-38)32(40)28(22-26-14-9-8-10-15-26)35-33(41)42-34(4,5)6/h8-19,28,30,38H,7,20-22H2,1-6H3,(H,35,41)(H,36,39). The lowest BCUT2D eigenvalue weighted by Crippen LogP contribution is -2.53. The highest BCUT2D eigenvalue weighted by molar-refractivity contribution is 6.00. The molecule has 0 bridgehead atoms. The van der Waals surface area contributed by atoms with Gasteiger partial charge in [0.1, 0.15) is 17.7 Å². The van der Waals surface area contributed by atoms with Gasteiger partial charge in [-0.1, -0.05) is 79.7 Å². The number of benzene rings is 3. The van der Waals surface area contributed by atoms with E-state index in [1.165, 1.54) is 4.90 Å². The fourth-order valence-corrected chi connectivity index (χ4v) is 4.79. The topological polar surface area (TPSA) is 108 Å². The molecule has 0 radical (unpaired) electrons. The molecule has 0 spiro atoms. The first kappa shape index (κ1) is 32.3. The molecule has 2 unspecified atom stereocenters.